The van der Waals surface area contributed by atoms with Crippen molar-refractivity contribution >= 4 is 0 Å². The van der Waals surface area contributed by atoms with Gasteiger partial charge in [-0.2, -0.15) is 0 Å². The summed E-state index contributed by atoms with van der Waals surface area (Å²) >= 11 is 0. The van der Waals surface area contributed by atoms with Crippen molar-refractivity contribution in [2.24, 2.45) is 0 Å². The molecule has 14 heteroatoms. The van der Waals surface area contributed by atoms with Gasteiger partial charge in [-0.15, -0.1) is 6.58 Å². The minimum atomic E-state index is -1.77. The largest absolute Gasteiger partial charge is 0.394 e. The van der Waals surface area contributed by atoms with Crippen LogP contribution in [-0.2, 0) is 28.4 Å². The van der Waals surface area contributed by atoms with Gasteiger partial charge in [-0.3, -0.25) is 0 Å². The van der Waals surface area contributed by atoms with Crippen LogP contribution in [0.25, 0.3) is 0 Å². The highest BCUT2D eigenvalue weighted by molar-refractivity contribution is 5.05. The Balaban J connectivity index is 1.72. The maximum atomic E-state index is 11.1. The summed E-state index contributed by atoms with van der Waals surface area (Å²) in [5.41, 5.74) is 1.48. The van der Waals surface area contributed by atoms with E-state index in [0.29, 0.717) is 12.8 Å². The molecule has 3 rings (SSSR count). The molecule has 14 nitrogen and oxygen atoms in total. The van der Waals surface area contributed by atoms with E-state index in [1.54, 1.807) is 13.0 Å². The van der Waals surface area contributed by atoms with Crippen molar-refractivity contribution in [1.82, 2.24) is 0 Å². The fourth-order valence-corrected chi connectivity index (χ4v) is 5.81. The summed E-state index contributed by atoms with van der Waals surface area (Å²) in [6.07, 6.45) is -12.6. The quantitative estimate of drug-likeness (QED) is 0.113. The molecule has 0 aromatic heterocycles. The first kappa shape index (κ1) is 40.1. The molecule has 0 radical (unpaired) electrons. The Morgan fingerprint density at radius 3 is 1.87 bits per heavy atom. The topological polar surface area (TPSA) is 217 Å². The van der Waals surface area contributed by atoms with Gasteiger partial charge in [-0.05, 0) is 67.2 Å². The Hall–Kier alpha value is -1.34. The van der Waals surface area contributed by atoms with Gasteiger partial charge in [0, 0.05) is 0 Å². The molecule has 1 unspecified atom stereocenters. The molecule has 3 saturated heterocycles. The Morgan fingerprint density at radius 1 is 0.702 bits per heavy atom. The molecule has 3 aliphatic heterocycles. The number of allylic oxidation sites excluding steroid dienone is 4. The van der Waals surface area contributed by atoms with Gasteiger partial charge < -0.3 is 69.3 Å². The van der Waals surface area contributed by atoms with Crippen LogP contribution < -0.4 is 0 Å². The second-order valence-corrected chi connectivity index (χ2v) is 13.3. The first-order valence-corrected chi connectivity index (χ1v) is 16.3. The normalized spacial score (nSPS) is 42.9. The number of hydrogen-bond acceptors (Lipinski definition) is 14. The van der Waals surface area contributed by atoms with Gasteiger partial charge in [0.1, 0.15) is 61.0 Å². The summed E-state index contributed by atoms with van der Waals surface area (Å²) in [6, 6.07) is 0. The number of aliphatic hydroxyl groups excluding tert-OH is 8. The van der Waals surface area contributed by atoms with Crippen LogP contribution in [0.15, 0.2) is 36.0 Å². The molecule has 0 saturated carbocycles. The lowest BCUT2D eigenvalue weighted by atomic mass is 9.95. The molecule has 16 atom stereocenters. The van der Waals surface area contributed by atoms with Crippen LogP contribution >= 0.6 is 0 Å². The minimum Gasteiger partial charge on any atom is -0.394 e. The van der Waals surface area contributed by atoms with Gasteiger partial charge in [0.25, 0.3) is 0 Å². The van der Waals surface area contributed by atoms with Gasteiger partial charge in [0.2, 0.25) is 0 Å². The predicted octanol–water partition coefficient (Wildman–Crippen LogP) is -0.0759. The van der Waals surface area contributed by atoms with Crippen LogP contribution in [0.2, 0.25) is 0 Å². The van der Waals surface area contributed by atoms with E-state index >= 15 is 0 Å². The highest BCUT2D eigenvalue weighted by Crippen LogP contribution is 2.34. The van der Waals surface area contributed by atoms with E-state index in [9.17, 15) is 40.9 Å². The van der Waals surface area contributed by atoms with Crippen molar-refractivity contribution in [2.45, 2.75) is 165 Å². The summed E-state index contributed by atoms with van der Waals surface area (Å²) in [4.78, 5) is 0. The first-order chi connectivity index (χ1) is 22.0. The van der Waals surface area contributed by atoms with Gasteiger partial charge in [0.05, 0.1) is 24.4 Å². The van der Waals surface area contributed by atoms with E-state index in [1.165, 1.54) is 25.0 Å². The predicted molar refractivity (Wildman–Crippen MR) is 168 cm³/mol. The Kier molecular flexibility index (Phi) is 15.0. The molecule has 272 valence electrons. The lowest BCUT2D eigenvalue weighted by Gasteiger charge is -2.48. The zero-order valence-electron chi connectivity index (χ0n) is 28.2. The minimum absolute atomic E-state index is 0.474. The van der Waals surface area contributed by atoms with Crippen molar-refractivity contribution < 1.29 is 69.3 Å². The van der Waals surface area contributed by atoms with Crippen LogP contribution in [-0.4, -0.2) is 145 Å². The third kappa shape index (κ3) is 10.1. The molecule has 0 aliphatic carbocycles. The van der Waals surface area contributed by atoms with Crippen LogP contribution in [0.1, 0.15) is 67.2 Å². The van der Waals surface area contributed by atoms with Crippen molar-refractivity contribution in [2.75, 3.05) is 6.61 Å². The number of aliphatic hydroxyl groups is 8. The maximum Gasteiger partial charge on any atom is 0.188 e. The Bertz CT molecular complexity index is 1050. The lowest BCUT2D eigenvalue weighted by molar-refractivity contribution is -0.385. The fraction of sp³-hybridized carbons (Fsp3) is 0.818. The van der Waals surface area contributed by atoms with Gasteiger partial charge in [-0.25, -0.2) is 0 Å². The molecule has 3 heterocycles. The maximum absolute atomic E-state index is 11.1. The number of rotatable bonds is 14. The number of ether oxygens (including phenoxy) is 6. The molecule has 0 aromatic rings. The van der Waals surface area contributed by atoms with Crippen molar-refractivity contribution in [3.05, 3.63) is 36.0 Å². The summed E-state index contributed by atoms with van der Waals surface area (Å²) in [7, 11) is 0. The lowest BCUT2D eigenvalue weighted by Crippen LogP contribution is -2.66. The monoisotopic (exact) mass is 676 g/mol. The van der Waals surface area contributed by atoms with Crippen LogP contribution in [0.5, 0.6) is 0 Å². The second kappa shape index (κ2) is 17.5. The third-order valence-corrected chi connectivity index (χ3v) is 9.03. The molecule has 3 aliphatic rings. The standard InChI is InChI=1S/C33H56O14/c1-8-33(7,14-10-13-17(4)12-9-11-16(2)3)47-32-29(24(38)22(36)20(15-34)44-32)46-31-27(41)25(39)28(19(6)43-31)45-30-26(40)23(37)21(35)18(5)42-30/h8,11,13,18-32,34-41H,1,9-10,12,14-15H2,2-7H3/b17-13-/t18-,19-,20+,21-,22+,23+,24-,25-,26+,27+,28-,29+,30-,31-,32-,33?/m0/s1. The van der Waals surface area contributed by atoms with Gasteiger partial charge in [-0.1, -0.05) is 29.4 Å². The van der Waals surface area contributed by atoms with E-state index in [-0.39, 0.29) is 0 Å². The molecule has 8 N–H and O–H groups in total. The second-order valence-electron chi connectivity index (χ2n) is 13.3. The average molecular weight is 677 g/mol. The summed E-state index contributed by atoms with van der Waals surface area (Å²) in [5.74, 6) is 0. The molecule has 0 bridgehead atoms. The average Bonchev–Trinajstić information content (AvgIpc) is 3.02. The highest BCUT2D eigenvalue weighted by atomic mass is 16.8. The summed E-state index contributed by atoms with van der Waals surface area (Å²) in [5, 5.41) is 84.0. The molecule has 0 amide bonds. The van der Waals surface area contributed by atoms with Crippen molar-refractivity contribution in [1.29, 1.82) is 0 Å². The first-order valence-electron chi connectivity index (χ1n) is 16.3. The fourth-order valence-electron chi connectivity index (χ4n) is 5.81. The van der Waals surface area contributed by atoms with Crippen molar-refractivity contribution in [3.8, 4) is 0 Å². The van der Waals surface area contributed by atoms with E-state index in [2.05, 4.69) is 39.5 Å². The van der Waals surface area contributed by atoms with Crippen LogP contribution in [0.4, 0.5) is 0 Å². The van der Waals surface area contributed by atoms with Crippen molar-refractivity contribution in [3.63, 3.8) is 0 Å². The third-order valence-electron chi connectivity index (χ3n) is 9.03. The number of hydrogen-bond donors (Lipinski definition) is 8. The SMILES string of the molecule is C=CC(C)(CC/C=C(/C)CCC=C(C)C)O[C@@H]1O[C@H](CO)[C@@H](O)[C@H](O)[C@H]1O[C@@H]1O[C@@H](C)[C@H](O[C@@H]2O[C@@H](C)[C@H](O)[C@@H](O)[C@H]2O)[C@@H](O)[C@H]1O. The molecule has 0 spiro atoms. The van der Waals surface area contributed by atoms with E-state index in [0.717, 1.165) is 12.8 Å². The van der Waals surface area contributed by atoms with Gasteiger partial charge in [0.15, 0.2) is 18.9 Å². The Morgan fingerprint density at radius 2 is 1.28 bits per heavy atom. The molecular formula is C33H56O14. The van der Waals surface area contributed by atoms with E-state index in [1.807, 2.05) is 0 Å². The zero-order chi connectivity index (χ0) is 35.2. The molecular weight excluding hydrogens is 620 g/mol. The van der Waals surface area contributed by atoms with Gasteiger partial charge >= 0.3 is 0 Å². The molecule has 3 fully saturated rings. The van der Waals surface area contributed by atoms with Crippen LogP contribution in [0.3, 0.4) is 0 Å². The van der Waals surface area contributed by atoms with E-state index in [4.69, 9.17) is 28.4 Å². The molecule has 0 aromatic carbocycles. The van der Waals surface area contributed by atoms with E-state index < -0.39 is 104 Å². The summed E-state index contributed by atoms with van der Waals surface area (Å²) < 4.78 is 35.0. The smallest absolute Gasteiger partial charge is 0.188 e. The Labute approximate surface area is 276 Å². The van der Waals surface area contributed by atoms with Crippen LogP contribution in [0, 0.1) is 0 Å². The molecule has 47 heavy (non-hydrogen) atoms. The summed E-state index contributed by atoms with van der Waals surface area (Å²) in [6.45, 7) is 14.2. The zero-order valence-corrected chi connectivity index (χ0v) is 28.2. The highest BCUT2D eigenvalue weighted by Gasteiger charge is 2.53.